The molecule has 0 aliphatic carbocycles. The third-order valence-corrected chi connectivity index (χ3v) is 5.22. The summed E-state index contributed by atoms with van der Waals surface area (Å²) in [5, 5.41) is 19.6. The lowest BCUT2D eigenvalue weighted by atomic mass is 9.62. The van der Waals surface area contributed by atoms with E-state index in [2.05, 4.69) is 54.7 Å². The second kappa shape index (κ2) is 5.76. The third-order valence-electron chi connectivity index (χ3n) is 5.22. The Hall–Kier alpha value is -1.66. The Labute approximate surface area is 137 Å². The molecule has 2 N–H and O–H groups in total. The SMILES string of the molecule is Cc1cc2ncnc(N3CC(C(C)(C)CB(O)O)C3)c2cc1C. The molecule has 0 saturated carbocycles. The molecule has 1 fully saturated rings. The van der Waals surface area contributed by atoms with Gasteiger partial charge < -0.3 is 14.9 Å². The van der Waals surface area contributed by atoms with Crippen LogP contribution in [0.15, 0.2) is 18.5 Å². The van der Waals surface area contributed by atoms with E-state index in [1.807, 2.05) is 0 Å². The molecule has 5 nitrogen and oxygen atoms in total. The van der Waals surface area contributed by atoms with Gasteiger partial charge in [-0.25, -0.2) is 9.97 Å². The van der Waals surface area contributed by atoms with Gasteiger partial charge in [-0.3, -0.25) is 0 Å². The van der Waals surface area contributed by atoms with Crippen molar-refractivity contribution in [2.75, 3.05) is 18.0 Å². The van der Waals surface area contributed by atoms with Crippen LogP contribution in [0, 0.1) is 25.2 Å². The first kappa shape index (κ1) is 16.2. The molecule has 122 valence electrons. The molecule has 0 bridgehead atoms. The molecule has 0 radical (unpaired) electrons. The van der Waals surface area contributed by atoms with Gasteiger partial charge in [-0.15, -0.1) is 0 Å². The summed E-state index contributed by atoms with van der Waals surface area (Å²) >= 11 is 0. The second-order valence-corrected chi connectivity index (χ2v) is 7.43. The number of hydrogen-bond acceptors (Lipinski definition) is 5. The molecule has 0 spiro atoms. The summed E-state index contributed by atoms with van der Waals surface area (Å²) in [5.74, 6) is 1.41. The Morgan fingerprint density at radius 3 is 2.48 bits per heavy atom. The van der Waals surface area contributed by atoms with Crippen LogP contribution >= 0.6 is 0 Å². The minimum absolute atomic E-state index is 0.0972. The number of fused-ring (bicyclic) bond motifs is 1. The molecule has 6 heteroatoms. The topological polar surface area (TPSA) is 69.5 Å². The lowest BCUT2D eigenvalue weighted by Crippen LogP contribution is -2.54. The maximum Gasteiger partial charge on any atom is 0.451 e. The first-order valence-electron chi connectivity index (χ1n) is 8.11. The van der Waals surface area contributed by atoms with Crippen molar-refractivity contribution in [1.29, 1.82) is 0 Å². The molecule has 1 aromatic carbocycles. The summed E-state index contributed by atoms with van der Waals surface area (Å²) in [6.07, 6.45) is 2.02. The molecular formula is C17H24BN3O2. The number of anilines is 1. The molecule has 1 aromatic heterocycles. The monoisotopic (exact) mass is 313 g/mol. The zero-order valence-electron chi connectivity index (χ0n) is 14.2. The Kier molecular flexibility index (Phi) is 4.06. The Balaban J connectivity index is 1.83. The maximum absolute atomic E-state index is 9.26. The Morgan fingerprint density at radius 2 is 1.83 bits per heavy atom. The van der Waals surface area contributed by atoms with Crippen LogP contribution in [0.4, 0.5) is 5.82 Å². The van der Waals surface area contributed by atoms with Crippen LogP contribution in [0.5, 0.6) is 0 Å². The number of aryl methyl sites for hydroxylation is 2. The third kappa shape index (κ3) is 3.05. The smallest absolute Gasteiger partial charge is 0.427 e. The Morgan fingerprint density at radius 1 is 1.17 bits per heavy atom. The molecule has 1 aliphatic rings. The fraction of sp³-hybridized carbons (Fsp3) is 0.529. The van der Waals surface area contributed by atoms with Gasteiger partial charge in [0.05, 0.1) is 5.52 Å². The summed E-state index contributed by atoms with van der Waals surface area (Å²) < 4.78 is 0. The average molecular weight is 313 g/mol. The van der Waals surface area contributed by atoms with Crippen LogP contribution in [0.3, 0.4) is 0 Å². The summed E-state index contributed by atoms with van der Waals surface area (Å²) in [7, 11) is -1.25. The standard InChI is InChI=1S/C17H24BN3O2/c1-11-5-14-15(6-12(11)2)19-10-20-16(14)21-7-13(8-21)17(3,4)9-18(22)23/h5-6,10,13,22-23H,7-9H2,1-4H3. The fourth-order valence-corrected chi connectivity index (χ4v) is 3.34. The fourth-order valence-electron chi connectivity index (χ4n) is 3.34. The van der Waals surface area contributed by atoms with Gasteiger partial charge in [0, 0.05) is 18.5 Å². The van der Waals surface area contributed by atoms with Gasteiger partial charge in [0.15, 0.2) is 0 Å². The highest BCUT2D eigenvalue weighted by atomic mass is 16.4. The maximum atomic E-state index is 9.26. The number of aromatic nitrogens is 2. The van der Waals surface area contributed by atoms with Gasteiger partial charge in [0.2, 0.25) is 0 Å². The van der Waals surface area contributed by atoms with E-state index in [1.165, 1.54) is 11.1 Å². The van der Waals surface area contributed by atoms with Gasteiger partial charge in [-0.1, -0.05) is 13.8 Å². The molecule has 0 unspecified atom stereocenters. The summed E-state index contributed by atoms with van der Waals surface area (Å²) in [6, 6.07) is 4.27. The van der Waals surface area contributed by atoms with Crippen LogP contribution < -0.4 is 4.90 Å². The van der Waals surface area contributed by atoms with E-state index in [4.69, 9.17) is 0 Å². The molecule has 0 atom stereocenters. The second-order valence-electron chi connectivity index (χ2n) is 7.43. The molecule has 2 aromatic rings. The van der Waals surface area contributed by atoms with Crippen LogP contribution in [-0.4, -0.2) is 40.2 Å². The minimum Gasteiger partial charge on any atom is -0.427 e. The van der Waals surface area contributed by atoms with E-state index in [9.17, 15) is 10.0 Å². The van der Waals surface area contributed by atoms with Crippen molar-refractivity contribution >= 4 is 23.8 Å². The number of nitrogens with zero attached hydrogens (tertiary/aromatic N) is 3. The zero-order chi connectivity index (χ0) is 16.8. The molecule has 2 heterocycles. The Bertz CT molecular complexity index is 727. The van der Waals surface area contributed by atoms with E-state index >= 15 is 0 Å². The summed E-state index contributed by atoms with van der Waals surface area (Å²) in [5.41, 5.74) is 3.36. The molecule has 3 rings (SSSR count). The van der Waals surface area contributed by atoms with Crippen molar-refractivity contribution in [3.8, 4) is 0 Å². The summed E-state index contributed by atoms with van der Waals surface area (Å²) in [4.78, 5) is 11.1. The first-order chi connectivity index (χ1) is 10.8. The molecular weight excluding hydrogens is 289 g/mol. The lowest BCUT2D eigenvalue weighted by molar-refractivity contribution is 0.181. The van der Waals surface area contributed by atoms with Gasteiger partial charge in [-0.2, -0.15) is 0 Å². The predicted octanol–water partition coefficient (Wildman–Crippen LogP) is 2.18. The van der Waals surface area contributed by atoms with Gasteiger partial charge in [0.1, 0.15) is 12.1 Å². The quantitative estimate of drug-likeness (QED) is 0.847. The molecule has 1 saturated heterocycles. The number of hydrogen-bond donors (Lipinski definition) is 2. The van der Waals surface area contributed by atoms with E-state index in [1.54, 1.807) is 6.33 Å². The highest BCUT2D eigenvalue weighted by molar-refractivity contribution is 6.41. The van der Waals surface area contributed by atoms with Gasteiger partial charge in [-0.05, 0) is 54.8 Å². The zero-order valence-corrected chi connectivity index (χ0v) is 14.2. The van der Waals surface area contributed by atoms with Crippen molar-refractivity contribution < 1.29 is 10.0 Å². The number of rotatable bonds is 4. The lowest BCUT2D eigenvalue weighted by Gasteiger charge is -2.48. The van der Waals surface area contributed by atoms with Crippen molar-refractivity contribution in [2.24, 2.45) is 11.3 Å². The molecule has 23 heavy (non-hydrogen) atoms. The normalized spacial score (nSPS) is 15.8. The number of benzene rings is 1. The van der Waals surface area contributed by atoms with Crippen LogP contribution in [0.25, 0.3) is 10.9 Å². The summed E-state index contributed by atoms with van der Waals surface area (Å²) in [6.45, 7) is 10.2. The predicted molar refractivity (Wildman–Crippen MR) is 93.5 cm³/mol. The van der Waals surface area contributed by atoms with Crippen molar-refractivity contribution in [1.82, 2.24) is 9.97 Å². The largest absolute Gasteiger partial charge is 0.451 e. The van der Waals surface area contributed by atoms with E-state index in [-0.39, 0.29) is 5.41 Å². The minimum atomic E-state index is -1.25. The first-order valence-corrected chi connectivity index (χ1v) is 8.11. The highest BCUT2D eigenvalue weighted by Gasteiger charge is 2.41. The van der Waals surface area contributed by atoms with Gasteiger partial charge in [0.25, 0.3) is 0 Å². The van der Waals surface area contributed by atoms with E-state index in [0.717, 1.165) is 29.8 Å². The van der Waals surface area contributed by atoms with Gasteiger partial charge >= 0.3 is 7.12 Å². The van der Waals surface area contributed by atoms with E-state index < -0.39 is 7.12 Å². The highest BCUT2D eigenvalue weighted by Crippen LogP contribution is 2.40. The molecule has 0 amide bonds. The van der Waals surface area contributed by atoms with Crippen LogP contribution in [-0.2, 0) is 0 Å². The van der Waals surface area contributed by atoms with Crippen molar-refractivity contribution in [3.63, 3.8) is 0 Å². The molecule has 1 aliphatic heterocycles. The van der Waals surface area contributed by atoms with E-state index in [0.29, 0.717) is 12.2 Å². The van der Waals surface area contributed by atoms with Crippen molar-refractivity contribution in [2.45, 2.75) is 34.0 Å². The van der Waals surface area contributed by atoms with Crippen LogP contribution in [0.1, 0.15) is 25.0 Å². The van der Waals surface area contributed by atoms with Crippen molar-refractivity contribution in [3.05, 3.63) is 29.6 Å². The van der Waals surface area contributed by atoms with Crippen LogP contribution in [0.2, 0.25) is 6.32 Å². The average Bonchev–Trinajstić information content (AvgIpc) is 2.37.